The summed E-state index contributed by atoms with van der Waals surface area (Å²) in [5.41, 5.74) is 8.30. The first-order valence-corrected chi connectivity index (χ1v) is 9.31. The molecule has 1 atom stereocenters. The van der Waals surface area contributed by atoms with E-state index in [0.717, 1.165) is 16.8 Å². The van der Waals surface area contributed by atoms with Gasteiger partial charge in [0.15, 0.2) is 0 Å². The molecule has 152 valence electrons. The van der Waals surface area contributed by atoms with Crippen LogP contribution in [0.3, 0.4) is 0 Å². The number of H-pyrrole nitrogens is 1. The summed E-state index contributed by atoms with van der Waals surface area (Å²) < 4.78 is 16.1. The highest BCUT2D eigenvalue weighted by molar-refractivity contribution is 5.88. The van der Waals surface area contributed by atoms with Crippen molar-refractivity contribution in [2.75, 3.05) is 0 Å². The molecule has 1 aliphatic heterocycles. The second-order valence-electron chi connectivity index (χ2n) is 7.93. The van der Waals surface area contributed by atoms with E-state index in [1.165, 1.54) is 12.3 Å². The maximum absolute atomic E-state index is 12.2. The quantitative estimate of drug-likeness (QED) is 0.503. The first kappa shape index (κ1) is 19.3. The molecule has 1 aliphatic rings. The van der Waals surface area contributed by atoms with Crippen LogP contribution in [0.1, 0.15) is 54.1 Å². The standard InChI is InChI=1S/C22H20N4O4/c1-22(2,3)18-17-16(14(11-23)19(24)30-20(17)26-25-18)12-6-4-7-13(10-12)29-21(27)15-8-5-9-28-15/h4-10,16H,24H2,1-3H3,(H,25,26)/t16-/m0/s1. The van der Waals surface area contributed by atoms with Gasteiger partial charge < -0.3 is 19.6 Å². The number of nitrogens with two attached hydrogens (primary N) is 1. The first-order valence-electron chi connectivity index (χ1n) is 9.31. The second-order valence-corrected chi connectivity index (χ2v) is 7.93. The molecule has 1 aromatic carbocycles. The number of nitrogens with zero attached hydrogens (tertiary/aromatic N) is 2. The maximum Gasteiger partial charge on any atom is 0.379 e. The summed E-state index contributed by atoms with van der Waals surface area (Å²) in [6.45, 7) is 6.10. The van der Waals surface area contributed by atoms with Crippen molar-refractivity contribution in [3.63, 3.8) is 0 Å². The van der Waals surface area contributed by atoms with Gasteiger partial charge in [-0.05, 0) is 29.8 Å². The Hall–Kier alpha value is -3.99. The molecule has 0 radical (unpaired) electrons. The third-order valence-corrected chi connectivity index (χ3v) is 4.81. The van der Waals surface area contributed by atoms with Crippen LogP contribution in [0, 0.1) is 11.3 Å². The van der Waals surface area contributed by atoms with Crippen molar-refractivity contribution < 1.29 is 18.7 Å². The number of fused-ring (bicyclic) bond motifs is 1. The Balaban J connectivity index is 1.79. The molecule has 3 aromatic rings. The van der Waals surface area contributed by atoms with Gasteiger partial charge in [0.2, 0.25) is 17.5 Å². The number of nitrogens with one attached hydrogen (secondary N) is 1. The van der Waals surface area contributed by atoms with Gasteiger partial charge in [0.05, 0.1) is 17.7 Å². The van der Waals surface area contributed by atoms with Gasteiger partial charge in [-0.1, -0.05) is 32.9 Å². The zero-order chi connectivity index (χ0) is 21.5. The van der Waals surface area contributed by atoms with E-state index in [0.29, 0.717) is 11.6 Å². The van der Waals surface area contributed by atoms with Crippen molar-refractivity contribution in [3.8, 4) is 17.7 Å². The number of esters is 1. The van der Waals surface area contributed by atoms with Crippen LogP contribution < -0.4 is 15.2 Å². The second kappa shape index (κ2) is 7.12. The number of hydrogen-bond acceptors (Lipinski definition) is 7. The van der Waals surface area contributed by atoms with E-state index in [-0.39, 0.29) is 22.6 Å². The lowest BCUT2D eigenvalue weighted by Crippen LogP contribution is -2.24. The van der Waals surface area contributed by atoms with Crippen LogP contribution in [0.15, 0.2) is 58.5 Å². The van der Waals surface area contributed by atoms with Crippen LogP contribution in [0.5, 0.6) is 11.6 Å². The van der Waals surface area contributed by atoms with Crippen molar-refractivity contribution in [2.45, 2.75) is 32.1 Å². The van der Waals surface area contributed by atoms with Crippen molar-refractivity contribution in [2.24, 2.45) is 5.73 Å². The Morgan fingerprint density at radius 2 is 2.10 bits per heavy atom. The van der Waals surface area contributed by atoms with Gasteiger partial charge in [-0.15, -0.1) is 5.10 Å². The Kier molecular flexibility index (Phi) is 4.59. The number of nitriles is 1. The van der Waals surface area contributed by atoms with E-state index >= 15 is 0 Å². The third-order valence-electron chi connectivity index (χ3n) is 4.81. The first-order chi connectivity index (χ1) is 14.3. The van der Waals surface area contributed by atoms with E-state index in [4.69, 9.17) is 19.6 Å². The summed E-state index contributed by atoms with van der Waals surface area (Å²) in [6, 6.07) is 12.2. The van der Waals surface area contributed by atoms with Crippen LogP contribution in [0.25, 0.3) is 0 Å². The smallest absolute Gasteiger partial charge is 0.379 e. The highest BCUT2D eigenvalue weighted by atomic mass is 16.5. The molecule has 0 amide bonds. The van der Waals surface area contributed by atoms with Crippen LogP contribution in [-0.4, -0.2) is 16.2 Å². The van der Waals surface area contributed by atoms with Gasteiger partial charge in [0.25, 0.3) is 0 Å². The average Bonchev–Trinajstić information content (AvgIpc) is 3.36. The number of carbonyl (C=O) groups is 1. The SMILES string of the molecule is CC(C)(C)c1[nH]nc2c1[C@@H](c1cccc(OC(=O)c3ccco3)c1)C(C#N)=C(N)O2. The molecule has 8 heteroatoms. The van der Waals surface area contributed by atoms with E-state index in [2.05, 4.69) is 16.3 Å². The van der Waals surface area contributed by atoms with E-state index in [1.54, 1.807) is 24.3 Å². The Morgan fingerprint density at radius 1 is 1.30 bits per heavy atom. The Labute approximate surface area is 172 Å². The summed E-state index contributed by atoms with van der Waals surface area (Å²) >= 11 is 0. The van der Waals surface area contributed by atoms with Crippen LogP contribution in [0.4, 0.5) is 0 Å². The van der Waals surface area contributed by atoms with Crippen molar-refractivity contribution >= 4 is 5.97 Å². The van der Waals surface area contributed by atoms with Gasteiger partial charge in [-0.2, -0.15) is 5.26 Å². The fourth-order valence-electron chi connectivity index (χ4n) is 3.46. The van der Waals surface area contributed by atoms with Gasteiger partial charge in [-0.3, -0.25) is 5.10 Å². The molecule has 3 N–H and O–H groups in total. The minimum Gasteiger partial charge on any atom is -0.457 e. The molecule has 0 unspecified atom stereocenters. The molecule has 0 saturated heterocycles. The predicted molar refractivity (Wildman–Crippen MR) is 107 cm³/mol. The number of hydrogen-bond donors (Lipinski definition) is 2. The number of ether oxygens (including phenoxy) is 2. The molecule has 0 spiro atoms. The molecule has 0 aliphatic carbocycles. The van der Waals surface area contributed by atoms with E-state index in [9.17, 15) is 10.1 Å². The minimum atomic E-state index is -0.612. The molecule has 3 heterocycles. The number of allylic oxidation sites excluding steroid dienone is 1. The van der Waals surface area contributed by atoms with Gasteiger partial charge in [0, 0.05) is 11.1 Å². The van der Waals surface area contributed by atoms with Crippen molar-refractivity contribution in [1.29, 1.82) is 5.26 Å². The molecular formula is C22H20N4O4. The van der Waals surface area contributed by atoms with Crippen molar-refractivity contribution in [1.82, 2.24) is 10.2 Å². The maximum atomic E-state index is 12.2. The Bertz CT molecular complexity index is 1180. The van der Waals surface area contributed by atoms with Crippen LogP contribution >= 0.6 is 0 Å². The van der Waals surface area contributed by atoms with Crippen LogP contribution in [-0.2, 0) is 5.41 Å². The summed E-state index contributed by atoms with van der Waals surface area (Å²) in [7, 11) is 0. The summed E-state index contributed by atoms with van der Waals surface area (Å²) in [5, 5.41) is 17.1. The summed E-state index contributed by atoms with van der Waals surface area (Å²) in [6.07, 6.45) is 1.40. The molecule has 2 aromatic heterocycles. The normalized spacial score (nSPS) is 15.9. The monoisotopic (exact) mass is 404 g/mol. The summed E-state index contributed by atoms with van der Waals surface area (Å²) in [4.78, 5) is 12.2. The molecule has 4 rings (SSSR count). The minimum absolute atomic E-state index is 0.0000532. The topological polar surface area (TPSA) is 127 Å². The highest BCUT2D eigenvalue weighted by Gasteiger charge is 2.38. The van der Waals surface area contributed by atoms with E-state index < -0.39 is 11.9 Å². The summed E-state index contributed by atoms with van der Waals surface area (Å²) in [5.74, 6) is -0.383. The highest BCUT2D eigenvalue weighted by Crippen LogP contribution is 2.45. The third kappa shape index (κ3) is 3.31. The van der Waals surface area contributed by atoms with Crippen LogP contribution in [0.2, 0.25) is 0 Å². The molecule has 30 heavy (non-hydrogen) atoms. The number of rotatable bonds is 3. The zero-order valence-electron chi connectivity index (χ0n) is 16.7. The van der Waals surface area contributed by atoms with Gasteiger partial charge in [0.1, 0.15) is 17.4 Å². The number of aromatic amines is 1. The predicted octanol–water partition coefficient (Wildman–Crippen LogP) is 3.74. The number of carbonyl (C=O) groups excluding carboxylic acids is 1. The zero-order valence-corrected chi connectivity index (χ0v) is 16.7. The number of aromatic nitrogens is 2. The molecular weight excluding hydrogens is 384 g/mol. The molecule has 0 saturated carbocycles. The number of benzene rings is 1. The fourth-order valence-corrected chi connectivity index (χ4v) is 3.46. The van der Waals surface area contributed by atoms with Crippen molar-refractivity contribution in [3.05, 3.63) is 76.7 Å². The molecule has 0 fully saturated rings. The number of furan rings is 1. The fraction of sp³-hybridized carbons (Fsp3) is 0.227. The molecule has 8 nitrogen and oxygen atoms in total. The largest absolute Gasteiger partial charge is 0.457 e. The molecule has 0 bridgehead atoms. The lowest BCUT2D eigenvalue weighted by molar-refractivity contribution is 0.0701. The average molecular weight is 404 g/mol. The Morgan fingerprint density at radius 3 is 2.77 bits per heavy atom. The van der Waals surface area contributed by atoms with Gasteiger partial charge >= 0.3 is 5.97 Å². The lowest BCUT2D eigenvalue weighted by Gasteiger charge is -2.27. The van der Waals surface area contributed by atoms with E-state index in [1.807, 2.05) is 26.8 Å². The van der Waals surface area contributed by atoms with Gasteiger partial charge in [-0.25, -0.2) is 4.79 Å². The lowest BCUT2D eigenvalue weighted by atomic mass is 9.79.